The molecule has 0 aromatic heterocycles. The first-order chi connectivity index (χ1) is 2.91. The van der Waals surface area contributed by atoms with Crippen molar-refractivity contribution in [2.45, 2.75) is 19.8 Å². The van der Waals surface area contributed by atoms with Gasteiger partial charge in [0.2, 0.25) is 6.54 Å². The molecule has 1 nitrogen and oxygen atoms in total. The summed E-state index contributed by atoms with van der Waals surface area (Å²) in [5.41, 5.74) is 0. The number of hydrogen-bond donors (Lipinski definition) is 0. The molecular weight excluding hydrogens is 75.1 g/mol. The normalized spacial score (nSPS) is 7.33. The minimum atomic E-state index is 0.705. The molecule has 0 N–H and O–H groups in total. The van der Waals surface area contributed by atoms with Crippen molar-refractivity contribution in [2.75, 3.05) is 6.54 Å². The van der Waals surface area contributed by atoms with Gasteiger partial charge in [-0.2, -0.15) is 0 Å². The molecule has 0 saturated carbocycles. The zero-order valence-electron chi connectivity index (χ0n) is 4.07. The van der Waals surface area contributed by atoms with E-state index in [0.717, 1.165) is 12.8 Å². The third-order valence-corrected chi connectivity index (χ3v) is 0.623. The van der Waals surface area contributed by atoms with E-state index in [0.29, 0.717) is 6.54 Å². The van der Waals surface area contributed by atoms with Crippen molar-refractivity contribution in [2.24, 2.45) is 0 Å². The first-order valence-corrected chi connectivity index (χ1v) is 2.25. The Bertz CT molecular complexity index is 51.4. The molecule has 0 heterocycles. The van der Waals surface area contributed by atoms with Crippen LogP contribution in [0.1, 0.15) is 19.8 Å². The average molecular weight is 84.1 g/mol. The Labute approximate surface area is 38.8 Å². The highest BCUT2D eigenvalue weighted by atomic mass is 14.7. The highest BCUT2D eigenvalue weighted by molar-refractivity contribution is 4.55. The molecule has 1 heteroatoms. The summed E-state index contributed by atoms with van der Waals surface area (Å²) in [6, 6.07) is 0. The fourth-order valence-electron chi connectivity index (χ4n) is 0.237. The van der Waals surface area contributed by atoms with Crippen LogP contribution >= 0.6 is 0 Å². The molecular formula is C5H9N. The van der Waals surface area contributed by atoms with Crippen LogP contribution in [0.3, 0.4) is 0 Å². The Morgan fingerprint density at radius 3 is 2.50 bits per heavy atom. The Morgan fingerprint density at radius 1 is 1.67 bits per heavy atom. The van der Waals surface area contributed by atoms with Crippen molar-refractivity contribution in [3.63, 3.8) is 0 Å². The predicted molar refractivity (Wildman–Crippen MR) is 26.4 cm³/mol. The third kappa shape index (κ3) is 3.49. The van der Waals surface area contributed by atoms with Crippen LogP contribution in [0.15, 0.2) is 0 Å². The maximum atomic E-state index is 6.33. The number of hydrogen-bond acceptors (Lipinski definition) is 0. The maximum absolute atomic E-state index is 6.33. The van der Waals surface area contributed by atoms with Crippen LogP contribution in [0, 0.1) is 6.57 Å². The minimum Gasteiger partial charge on any atom is -0.317 e. The molecule has 0 bridgehead atoms. The highest BCUT2D eigenvalue weighted by Crippen LogP contribution is 1.83. The summed E-state index contributed by atoms with van der Waals surface area (Å²) < 4.78 is 0. The number of nitrogens with zero attached hydrogens (tertiary/aromatic N) is 1. The molecule has 0 saturated heterocycles. The van der Waals surface area contributed by atoms with E-state index in [9.17, 15) is 0 Å². The van der Waals surface area contributed by atoms with E-state index in [1.165, 1.54) is 0 Å². The Hall–Kier alpha value is -0.510. The third-order valence-electron chi connectivity index (χ3n) is 0.623. The van der Waals surface area contributed by atoms with Gasteiger partial charge in [0.25, 0.3) is 0 Å². The molecule has 0 aliphatic rings. The van der Waals surface area contributed by atoms with Crippen LogP contribution < -0.4 is 0 Å². The van der Waals surface area contributed by atoms with E-state index in [1.807, 2.05) is 0 Å². The summed E-state index contributed by atoms with van der Waals surface area (Å²) in [7, 11) is 0. The van der Waals surface area contributed by atoms with Gasteiger partial charge in [-0.3, -0.25) is 0 Å². The SMILES string of the molecule is CCCC[N+]#[13C-]. The molecule has 0 aliphatic heterocycles. The van der Waals surface area contributed by atoms with Crippen LogP contribution in [0.4, 0.5) is 0 Å². The van der Waals surface area contributed by atoms with Gasteiger partial charge in [0, 0.05) is 6.42 Å². The Balaban J connectivity index is 2.54. The molecule has 34 valence electrons. The van der Waals surface area contributed by atoms with Gasteiger partial charge < -0.3 is 4.85 Å². The topological polar surface area (TPSA) is 4.36 Å². The molecule has 0 aliphatic carbocycles. The summed E-state index contributed by atoms with van der Waals surface area (Å²) in [4.78, 5) is 3.18. The molecule has 0 amide bonds. The Morgan fingerprint density at radius 2 is 2.33 bits per heavy atom. The molecule has 6 heavy (non-hydrogen) atoms. The van der Waals surface area contributed by atoms with Gasteiger partial charge in [-0.15, -0.1) is 0 Å². The van der Waals surface area contributed by atoms with Gasteiger partial charge in [-0.25, -0.2) is 6.57 Å². The molecule has 0 aromatic carbocycles. The van der Waals surface area contributed by atoms with E-state index >= 15 is 0 Å². The van der Waals surface area contributed by atoms with E-state index in [1.54, 1.807) is 0 Å². The summed E-state index contributed by atoms with van der Waals surface area (Å²) >= 11 is 0. The lowest BCUT2D eigenvalue weighted by atomic mass is 10.3. The predicted octanol–water partition coefficient (Wildman–Crippen LogP) is 1.71. The lowest BCUT2D eigenvalue weighted by Crippen LogP contribution is -1.70. The summed E-state index contributed by atoms with van der Waals surface area (Å²) in [5, 5.41) is 0. The fourth-order valence-corrected chi connectivity index (χ4v) is 0.237. The average Bonchev–Trinajstić information content (AvgIpc) is 1.61. The van der Waals surface area contributed by atoms with Crippen LogP contribution in [-0.4, -0.2) is 6.54 Å². The van der Waals surface area contributed by atoms with Crippen molar-refractivity contribution in [1.29, 1.82) is 0 Å². The van der Waals surface area contributed by atoms with Gasteiger partial charge in [0.1, 0.15) is 0 Å². The van der Waals surface area contributed by atoms with Crippen LogP contribution in [0.25, 0.3) is 4.85 Å². The second-order valence-corrected chi connectivity index (χ2v) is 1.24. The summed E-state index contributed by atoms with van der Waals surface area (Å²) in [6.45, 7) is 9.12. The van der Waals surface area contributed by atoms with Crippen molar-refractivity contribution in [3.05, 3.63) is 11.4 Å². The molecule has 0 atom stereocenters. The van der Waals surface area contributed by atoms with Crippen molar-refractivity contribution >= 4 is 0 Å². The van der Waals surface area contributed by atoms with E-state index in [4.69, 9.17) is 6.57 Å². The van der Waals surface area contributed by atoms with Gasteiger partial charge in [-0.1, -0.05) is 6.92 Å². The maximum Gasteiger partial charge on any atom is 0.214 e. The van der Waals surface area contributed by atoms with Gasteiger partial charge in [0.15, 0.2) is 0 Å². The zero-order chi connectivity index (χ0) is 4.83. The highest BCUT2D eigenvalue weighted by Gasteiger charge is 1.77. The summed E-state index contributed by atoms with van der Waals surface area (Å²) in [5.74, 6) is 0. The van der Waals surface area contributed by atoms with Gasteiger partial charge in [-0.05, 0) is 6.42 Å². The molecule has 0 rings (SSSR count). The van der Waals surface area contributed by atoms with Crippen LogP contribution in [0.2, 0.25) is 0 Å². The second kappa shape index (κ2) is 4.49. The number of rotatable bonds is 2. The smallest absolute Gasteiger partial charge is 0.214 e. The molecule has 0 spiro atoms. The largest absolute Gasteiger partial charge is 0.317 e. The standard InChI is InChI=1S/C5H9N/c1-3-4-5-6-2/h3-5H2,1H3/i2+1. The Kier molecular flexibility index (Phi) is 4.11. The monoisotopic (exact) mass is 84.1 g/mol. The zero-order valence-corrected chi connectivity index (χ0v) is 4.07. The van der Waals surface area contributed by atoms with Crippen molar-refractivity contribution in [1.82, 2.24) is 0 Å². The first-order valence-electron chi connectivity index (χ1n) is 2.25. The quantitative estimate of drug-likeness (QED) is 0.272. The summed E-state index contributed by atoms with van der Waals surface area (Å²) in [6.07, 6.45) is 2.20. The molecule has 0 aromatic rings. The van der Waals surface area contributed by atoms with E-state index < -0.39 is 0 Å². The molecule has 0 unspecified atom stereocenters. The number of unbranched alkanes of at least 4 members (excludes halogenated alkanes) is 1. The minimum absolute atomic E-state index is 0.705. The molecule has 0 fully saturated rings. The van der Waals surface area contributed by atoms with Gasteiger partial charge in [0.05, 0.1) is 0 Å². The second-order valence-electron chi connectivity index (χ2n) is 1.24. The lowest BCUT2D eigenvalue weighted by molar-refractivity contribution is 0.859. The van der Waals surface area contributed by atoms with Crippen molar-refractivity contribution in [3.8, 4) is 0 Å². The van der Waals surface area contributed by atoms with Crippen LogP contribution in [0.5, 0.6) is 0 Å². The van der Waals surface area contributed by atoms with Gasteiger partial charge >= 0.3 is 0 Å². The first kappa shape index (κ1) is 5.49. The van der Waals surface area contributed by atoms with Crippen molar-refractivity contribution < 1.29 is 0 Å². The van der Waals surface area contributed by atoms with E-state index in [2.05, 4.69) is 11.8 Å². The van der Waals surface area contributed by atoms with Crippen LogP contribution in [-0.2, 0) is 0 Å². The lowest BCUT2D eigenvalue weighted by Gasteiger charge is -1.75. The molecule has 0 radical (unpaired) electrons. The van der Waals surface area contributed by atoms with E-state index in [-0.39, 0.29) is 0 Å². The fraction of sp³-hybridized carbons (Fsp3) is 0.800.